The molecule has 3 aliphatic rings. The highest BCUT2D eigenvalue weighted by Crippen LogP contribution is 2.33. The van der Waals surface area contributed by atoms with Gasteiger partial charge in [-0.05, 0) is 36.6 Å². The Hall–Kier alpha value is -3.35. The van der Waals surface area contributed by atoms with Gasteiger partial charge in [-0.25, -0.2) is 0 Å². The second kappa shape index (κ2) is 9.25. The normalized spacial score (nSPS) is 21.2. The first kappa shape index (κ1) is 21.5. The highest BCUT2D eigenvalue weighted by atomic mass is 16.6. The van der Waals surface area contributed by atoms with Gasteiger partial charge in [-0.3, -0.25) is 9.59 Å². The summed E-state index contributed by atoms with van der Waals surface area (Å²) in [5.74, 6) is 0.316. The van der Waals surface area contributed by atoms with Gasteiger partial charge in [-0.15, -0.1) is 0 Å². The number of benzene rings is 2. The van der Waals surface area contributed by atoms with E-state index in [2.05, 4.69) is 10.5 Å². The third kappa shape index (κ3) is 4.19. The average Bonchev–Trinajstić information content (AvgIpc) is 3.28. The van der Waals surface area contributed by atoms with Crippen LogP contribution in [0.25, 0.3) is 0 Å². The summed E-state index contributed by atoms with van der Waals surface area (Å²) in [6.07, 6.45) is 5.40. The van der Waals surface area contributed by atoms with Crippen molar-refractivity contribution in [2.45, 2.75) is 44.2 Å². The van der Waals surface area contributed by atoms with Crippen molar-refractivity contribution in [2.75, 3.05) is 20.3 Å². The van der Waals surface area contributed by atoms with Crippen LogP contribution in [0.1, 0.15) is 59.6 Å². The summed E-state index contributed by atoms with van der Waals surface area (Å²) in [6, 6.07) is 14.2. The molecule has 1 saturated carbocycles. The largest absolute Gasteiger partial charge is 0.497 e. The molecule has 0 bridgehead atoms. The van der Waals surface area contributed by atoms with Crippen LogP contribution in [0, 0.1) is 5.92 Å². The second-order valence-electron chi connectivity index (χ2n) is 8.99. The number of carbonyl (C=O) groups excluding carboxylic acids is 2. The standard InChI is InChI=1S/C26H29N3O4/c1-32-20-13-11-17(12-14-20)24(25(30)27-19-7-3-2-4-8-19)29-15-18-16-33-28-23(18)21-9-5-6-10-22(21)26(29)31/h5-6,9-14,18-19,24H,2-4,7-8,15-16H2,1H3,(H,27,30). The van der Waals surface area contributed by atoms with Gasteiger partial charge in [0.2, 0.25) is 5.91 Å². The minimum atomic E-state index is -0.752. The first-order valence-electron chi connectivity index (χ1n) is 11.7. The van der Waals surface area contributed by atoms with Gasteiger partial charge in [0.15, 0.2) is 0 Å². The van der Waals surface area contributed by atoms with Crippen molar-refractivity contribution >= 4 is 17.5 Å². The zero-order chi connectivity index (χ0) is 22.8. The summed E-state index contributed by atoms with van der Waals surface area (Å²) >= 11 is 0. The topological polar surface area (TPSA) is 80.2 Å². The fraction of sp³-hybridized carbons (Fsp3) is 0.423. The zero-order valence-corrected chi connectivity index (χ0v) is 18.8. The minimum Gasteiger partial charge on any atom is -0.497 e. The fourth-order valence-electron chi connectivity index (χ4n) is 5.14. The Morgan fingerprint density at radius 1 is 1.09 bits per heavy atom. The fourth-order valence-corrected chi connectivity index (χ4v) is 5.14. The van der Waals surface area contributed by atoms with Gasteiger partial charge >= 0.3 is 0 Å². The van der Waals surface area contributed by atoms with Crippen LogP contribution in [-0.4, -0.2) is 48.7 Å². The number of carbonyl (C=O) groups is 2. The van der Waals surface area contributed by atoms with Crippen molar-refractivity contribution in [3.63, 3.8) is 0 Å². The van der Waals surface area contributed by atoms with E-state index in [0.717, 1.165) is 42.5 Å². The lowest BCUT2D eigenvalue weighted by atomic mass is 9.94. The zero-order valence-electron chi connectivity index (χ0n) is 18.8. The van der Waals surface area contributed by atoms with Gasteiger partial charge in [-0.2, -0.15) is 0 Å². The van der Waals surface area contributed by atoms with Crippen molar-refractivity contribution in [3.05, 3.63) is 65.2 Å². The predicted octanol–water partition coefficient (Wildman–Crippen LogP) is 3.69. The van der Waals surface area contributed by atoms with Crippen molar-refractivity contribution in [1.82, 2.24) is 10.2 Å². The molecule has 0 aromatic heterocycles. The molecule has 2 amide bonds. The van der Waals surface area contributed by atoms with Gasteiger partial charge < -0.3 is 19.8 Å². The Morgan fingerprint density at radius 3 is 2.55 bits per heavy atom. The molecule has 0 radical (unpaired) electrons. The number of fused-ring (bicyclic) bond motifs is 3. The number of hydrogen-bond donors (Lipinski definition) is 1. The van der Waals surface area contributed by atoms with Gasteiger partial charge in [0.25, 0.3) is 5.91 Å². The van der Waals surface area contributed by atoms with Crippen molar-refractivity contribution < 1.29 is 19.2 Å². The first-order valence-corrected chi connectivity index (χ1v) is 11.7. The number of hydrogen-bond acceptors (Lipinski definition) is 5. The number of oxime groups is 1. The lowest BCUT2D eigenvalue weighted by molar-refractivity contribution is -0.127. The summed E-state index contributed by atoms with van der Waals surface area (Å²) in [7, 11) is 1.61. The molecule has 1 N–H and O–H groups in total. The first-order chi connectivity index (χ1) is 16.2. The lowest BCUT2D eigenvalue weighted by Gasteiger charge is -2.33. The predicted molar refractivity (Wildman–Crippen MR) is 124 cm³/mol. The van der Waals surface area contributed by atoms with Crippen LogP contribution in [0.4, 0.5) is 0 Å². The lowest BCUT2D eigenvalue weighted by Crippen LogP contribution is -2.48. The van der Waals surface area contributed by atoms with Crippen LogP contribution < -0.4 is 10.1 Å². The molecule has 2 atom stereocenters. The molecule has 7 nitrogen and oxygen atoms in total. The van der Waals surface area contributed by atoms with Gasteiger partial charge in [-0.1, -0.05) is 54.8 Å². The SMILES string of the molecule is COc1ccc(C(C(=O)NC2CCCCC2)N2CC3CON=C3c3ccccc3C2=O)cc1. The molecule has 33 heavy (non-hydrogen) atoms. The highest BCUT2D eigenvalue weighted by Gasteiger charge is 2.41. The van der Waals surface area contributed by atoms with E-state index < -0.39 is 6.04 Å². The van der Waals surface area contributed by atoms with E-state index in [1.165, 1.54) is 6.42 Å². The molecule has 5 rings (SSSR count). The Kier molecular flexibility index (Phi) is 6.03. The van der Waals surface area contributed by atoms with Crippen molar-refractivity contribution in [1.29, 1.82) is 0 Å². The van der Waals surface area contributed by atoms with Gasteiger partial charge in [0, 0.05) is 23.7 Å². The molecule has 2 aromatic carbocycles. The third-order valence-electron chi connectivity index (χ3n) is 6.88. The molecule has 2 aliphatic heterocycles. The van der Waals surface area contributed by atoms with E-state index in [1.807, 2.05) is 42.5 Å². The summed E-state index contributed by atoms with van der Waals surface area (Å²) in [6.45, 7) is 0.758. The molecular formula is C26H29N3O4. The van der Waals surface area contributed by atoms with Crippen molar-refractivity contribution in [3.8, 4) is 5.75 Å². The molecule has 7 heteroatoms. The number of methoxy groups -OCH3 is 1. The van der Waals surface area contributed by atoms with Gasteiger partial charge in [0.1, 0.15) is 18.4 Å². The van der Waals surface area contributed by atoms with E-state index in [9.17, 15) is 9.59 Å². The monoisotopic (exact) mass is 447 g/mol. The third-order valence-corrected chi connectivity index (χ3v) is 6.88. The Balaban J connectivity index is 1.54. The minimum absolute atomic E-state index is 0.0826. The maximum Gasteiger partial charge on any atom is 0.255 e. The Morgan fingerprint density at radius 2 is 1.82 bits per heavy atom. The maximum absolute atomic E-state index is 13.8. The van der Waals surface area contributed by atoms with E-state index in [4.69, 9.17) is 9.57 Å². The summed E-state index contributed by atoms with van der Waals surface area (Å²) in [5, 5.41) is 7.48. The summed E-state index contributed by atoms with van der Waals surface area (Å²) in [4.78, 5) is 34.7. The van der Waals surface area contributed by atoms with Gasteiger partial charge in [0.05, 0.1) is 18.7 Å². The van der Waals surface area contributed by atoms with Crippen LogP contribution in [0.15, 0.2) is 53.7 Å². The molecule has 1 fully saturated rings. The van der Waals surface area contributed by atoms with Crippen LogP contribution in [0.2, 0.25) is 0 Å². The molecule has 1 aliphatic carbocycles. The maximum atomic E-state index is 13.8. The molecule has 2 heterocycles. The van der Waals surface area contributed by atoms with Crippen LogP contribution in [0.5, 0.6) is 5.75 Å². The van der Waals surface area contributed by atoms with E-state index in [1.54, 1.807) is 18.1 Å². The van der Waals surface area contributed by atoms with E-state index >= 15 is 0 Å². The second-order valence-corrected chi connectivity index (χ2v) is 8.99. The molecule has 0 spiro atoms. The molecule has 2 aromatic rings. The van der Waals surface area contributed by atoms with Crippen molar-refractivity contribution in [2.24, 2.45) is 11.1 Å². The molecular weight excluding hydrogens is 418 g/mol. The summed E-state index contributed by atoms with van der Waals surface area (Å²) < 4.78 is 5.31. The van der Waals surface area contributed by atoms with E-state index in [0.29, 0.717) is 24.5 Å². The van der Waals surface area contributed by atoms with E-state index in [-0.39, 0.29) is 23.8 Å². The number of nitrogens with one attached hydrogen (secondary N) is 1. The van der Waals surface area contributed by atoms with Crippen LogP contribution >= 0.6 is 0 Å². The highest BCUT2D eigenvalue weighted by molar-refractivity contribution is 6.13. The average molecular weight is 448 g/mol. The Labute approximate surface area is 193 Å². The number of nitrogens with zero attached hydrogens (tertiary/aromatic N) is 2. The number of amides is 2. The molecule has 2 unspecified atom stereocenters. The molecule has 0 saturated heterocycles. The quantitative estimate of drug-likeness (QED) is 0.758. The summed E-state index contributed by atoms with van der Waals surface area (Å²) in [5.41, 5.74) is 2.87. The van der Waals surface area contributed by atoms with Crippen LogP contribution in [0.3, 0.4) is 0 Å². The van der Waals surface area contributed by atoms with Crippen LogP contribution in [-0.2, 0) is 9.63 Å². The molecule has 172 valence electrons. The number of ether oxygens (including phenoxy) is 1. The number of rotatable bonds is 5. The smallest absolute Gasteiger partial charge is 0.255 e. The Bertz CT molecular complexity index is 1060.